The molecule has 0 fully saturated rings. The van der Waals surface area contributed by atoms with Gasteiger partial charge in [0.25, 0.3) is 10.1 Å². The van der Waals surface area contributed by atoms with Crippen LogP contribution in [-0.4, -0.2) is 23.8 Å². The molecule has 3 rings (SSSR count). The fourth-order valence-electron chi connectivity index (χ4n) is 1.91. The standard InChI is InChI=1S/C15H13N5O4S/c1-10(17-19-11-5-4-6-12(9-11)25(21,22)23)18-20-15-16-13-7-2-3-8-14(13)24-15/h2-9,19H,1H3,(H,21,22,23)/b17-10+,20-18?. The van der Waals surface area contributed by atoms with E-state index in [0.717, 1.165) is 0 Å². The highest BCUT2D eigenvalue weighted by Gasteiger charge is 2.09. The minimum absolute atomic E-state index is 0.101. The molecule has 0 aliphatic carbocycles. The highest BCUT2D eigenvalue weighted by molar-refractivity contribution is 7.85. The first-order valence-electron chi connectivity index (χ1n) is 7.07. The molecule has 128 valence electrons. The Hall–Kier alpha value is -3.11. The van der Waals surface area contributed by atoms with Gasteiger partial charge in [0.15, 0.2) is 11.4 Å². The lowest BCUT2D eigenvalue weighted by molar-refractivity contribution is 0.483. The number of para-hydroxylation sites is 2. The van der Waals surface area contributed by atoms with Crippen LogP contribution in [0.1, 0.15) is 6.92 Å². The molecular weight excluding hydrogens is 346 g/mol. The molecule has 2 aromatic carbocycles. The maximum atomic E-state index is 11.1. The van der Waals surface area contributed by atoms with Crippen molar-refractivity contribution in [2.24, 2.45) is 15.3 Å². The molecule has 1 aromatic heterocycles. The summed E-state index contributed by atoms with van der Waals surface area (Å²) in [6, 6.07) is 12.9. The molecule has 10 heteroatoms. The smallest absolute Gasteiger partial charge is 0.342 e. The number of oxazole rings is 1. The molecule has 0 radical (unpaired) electrons. The van der Waals surface area contributed by atoms with E-state index in [-0.39, 0.29) is 16.7 Å². The number of hydrogen-bond donors (Lipinski definition) is 2. The van der Waals surface area contributed by atoms with Gasteiger partial charge in [0.1, 0.15) is 5.52 Å². The molecule has 0 bridgehead atoms. The van der Waals surface area contributed by atoms with Crippen LogP contribution in [0.4, 0.5) is 11.7 Å². The van der Waals surface area contributed by atoms with Crippen LogP contribution < -0.4 is 5.43 Å². The van der Waals surface area contributed by atoms with E-state index in [1.807, 2.05) is 12.1 Å². The largest absolute Gasteiger partial charge is 0.421 e. The number of fused-ring (bicyclic) bond motifs is 1. The van der Waals surface area contributed by atoms with Crippen molar-refractivity contribution in [2.45, 2.75) is 11.8 Å². The molecule has 9 nitrogen and oxygen atoms in total. The normalized spacial score (nSPS) is 12.8. The molecule has 1 heterocycles. The number of anilines is 1. The lowest BCUT2D eigenvalue weighted by Gasteiger charge is -2.02. The summed E-state index contributed by atoms with van der Waals surface area (Å²) in [7, 11) is -4.27. The summed E-state index contributed by atoms with van der Waals surface area (Å²) in [6.45, 7) is 1.59. The van der Waals surface area contributed by atoms with Crippen molar-refractivity contribution in [3.63, 3.8) is 0 Å². The minimum atomic E-state index is -4.27. The molecule has 0 aliphatic rings. The van der Waals surface area contributed by atoms with E-state index in [1.165, 1.54) is 18.2 Å². The van der Waals surface area contributed by atoms with Crippen LogP contribution in [0.3, 0.4) is 0 Å². The molecule has 0 saturated heterocycles. The highest BCUT2D eigenvalue weighted by atomic mass is 32.2. The van der Waals surface area contributed by atoms with Crippen LogP contribution in [0, 0.1) is 0 Å². The number of hydrazone groups is 1. The second-order valence-corrected chi connectivity index (χ2v) is 6.36. The predicted octanol–water partition coefficient (Wildman–Crippen LogP) is 3.60. The number of rotatable bonds is 4. The van der Waals surface area contributed by atoms with Gasteiger partial charge in [0, 0.05) is 0 Å². The minimum Gasteiger partial charge on any atom is -0.421 e. The van der Waals surface area contributed by atoms with E-state index in [1.54, 1.807) is 25.1 Å². The molecule has 0 amide bonds. The van der Waals surface area contributed by atoms with Crippen molar-refractivity contribution in [3.05, 3.63) is 48.5 Å². The first-order chi connectivity index (χ1) is 11.9. The Morgan fingerprint density at radius 3 is 2.76 bits per heavy atom. The number of aromatic nitrogens is 1. The third kappa shape index (κ3) is 4.25. The van der Waals surface area contributed by atoms with Crippen molar-refractivity contribution in [1.29, 1.82) is 0 Å². The lowest BCUT2D eigenvalue weighted by atomic mass is 10.3. The van der Waals surface area contributed by atoms with Gasteiger partial charge in [-0.15, -0.1) is 5.11 Å². The van der Waals surface area contributed by atoms with E-state index in [0.29, 0.717) is 16.8 Å². The summed E-state index contributed by atoms with van der Waals surface area (Å²) >= 11 is 0. The number of hydrogen-bond acceptors (Lipinski definition) is 7. The van der Waals surface area contributed by atoms with Crippen molar-refractivity contribution in [3.8, 4) is 0 Å². The van der Waals surface area contributed by atoms with Crippen LogP contribution in [0.15, 0.2) is 73.2 Å². The van der Waals surface area contributed by atoms with Gasteiger partial charge >= 0.3 is 6.01 Å². The molecule has 0 atom stereocenters. The Labute approximate surface area is 142 Å². The predicted molar refractivity (Wildman–Crippen MR) is 91.5 cm³/mol. The Morgan fingerprint density at radius 2 is 2.00 bits per heavy atom. The summed E-state index contributed by atoms with van der Waals surface area (Å²) in [5.41, 5.74) is 4.27. The third-order valence-corrected chi connectivity index (χ3v) is 3.89. The SMILES string of the molecule is C/C(N=Nc1nc2ccccc2o1)=N\Nc1cccc(S(=O)(=O)O)c1. The Bertz CT molecular complexity index is 1040. The monoisotopic (exact) mass is 359 g/mol. The Kier molecular flexibility index (Phi) is 4.55. The first kappa shape index (κ1) is 16.7. The van der Waals surface area contributed by atoms with Gasteiger partial charge in [-0.25, -0.2) is 0 Å². The van der Waals surface area contributed by atoms with Gasteiger partial charge in [-0.1, -0.05) is 23.3 Å². The molecule has 3 aromatic rings. The molecular formula is C15H13N5O4S. The fourth-order valence-corrected chi connectivity index (χ4v) is 2.44. The number of amidine groups is 1. The first-order valence-corrected chi connectivity index (χ1v) is 8.51. The molecule has 2 N–H and O–H groups in total. The number of nitrogens with zero attached hydrogens (tertiary/aromatic N) is 4. The van der Waals surface area contributed by atoms with Crippen molar-refractivity contribution in [2.75, 3.05) is 5.43 Å². The van der Waals surface area contributed by atoms with E-state index in [9.17, 15) is 8.42 Å². The van der Waals surface area contributed by atoms with Gasteiger partial charge in [0.2, 0.25) is 0 Å². The highest BCUT2D eigenvalue weighted by Crippen LogP contribution is 2.20. The third-order valence-electron chi connectivity index (χ3n) is 3.04. The topological polar surface area (TPSA) is 130 Å². The van der Waals surface area contributed by atoms with Gasteiger partial charge in [-0.3, -0.25) is 9.98 Å². The molecule has 0 saturated carbocycles. The summed E-state index contributed by atoms with van der Waals surface area (Å²) in [6.07, 6.45) is 0. The molecule has 25 heavy (non-hydrogen) atoms. The van der Waals surface area contributed by atoms with Crippen molar-refractivity contribution in [1.82, 2.24) is 4.98 Å². The molecule has 0 aliphatic heterocycles. The van der Waals surface area contributed by atoms with E-state index in [4.69, 9.17) is 8.97 Å². The van der Waals surface area contributed by atoms with E-state index in [2.05, 4.69) is 25.7 Å². The number of azo groups is 1. The Balaban J connectivity index is 1.71. The average Bonchev–Trinajstić information content (AvgIpc) is 3.00. The van der Waals surface area contributed by atoms with Crippen LogP contribution in [0.25, 0.3) is 11.1 Å². The Morgan fingerprint density at radius 1 is 1.20 bits per heavy atom. The maximum Gasteiger partial charge on any atom is 0.342 e. The van der Waals surface area contributed by atoms with Gasteiger partial charge in [0.05, 0.1) is 10.6 Å². The fraction of sp³-hybridized carbons (Fsp3) is 0.0667. The van der Waals surface area contributed by atoms with E-state index < -0.39 is 10.1 Å². The van der Waals surface area contributed by atoms with Crippen LogP contribution >= 0.6 is 0 Å². The van der Waals surface area contributed by atoms with Gasteiger partial charge in [-0.2, -0.15) is 18.5 Å². The molecule has 0 unspecified atom stereocenters. The zero-order valence-electron chi connectivity index (χ0n) is 13.0. The average molecular weight is 359 g/mol. The maximum absolute atomic E-state index is 11.1. The second kappa shape index (κ2) is 6.79. The number of benzene rings is 2. The van der Waals surface area contributed by atoms with Crippen LogP contribution in [0.5, 0.6) is 0 Å². The zero-order valence-corrected chi connectivity index (χ0v) is 13.8. The lowest BCUT2D eigenvalue weighted by Crippen LogP contribution is -1.99. The second-order valence-electron chi connectivity index (χ2n) is 4.94. The number of nitrogens with one attached hydrogen (secondary N) is 1. The van der Waals surface area contributed by atoms with Crippen molar-refractivity contribution < 1.29 is 17.4 Å². The quantitative estimate of drug-likeness (QED) is 0.241. The van der Waals surface area contributed by atoms with Gasteiger partial charge in [-0.05, 0) is 37.3 Å². The summed E-state index contributed by atoms with van der Waals surface area (Å²) in [5.74, 6) is 0.263. The van der Waals surface area contributed by atoms with Gasteiger partial charge < -0.3 is 4.42 Å². The van der Waals surface area contributed by atoms with Crippen LogP contribution in [-0.2, 0) is 10.1 Å². The summed E-state index contributed by atoms with van der Waals surface area (Å²) in [4.78, 5) is 3.91. The molecule has 0 spiro atoms. The van der Waals surface area contributed by atoms with Crippen molar-refractivity contribution >= 4 is 38.8 Å². The van der Waals surface area contributed by atoms with E-state index >= 15 is 0 Å². The zero-order chi connectivity index (χ0) is 17.9. The van der Waals surface area contributed by atoms with Crippen LogP contribution in [0.2, 0.25) is 0 Å². The summed E-state index contributed by atoms with van der Waals surface area (Å²) < 4.78 is 36.6. The summed E-state index contributed by atoms with van der Waals surface area (Å²) in [5, 5.41) is 11.7.